The molecule has 8 nitrogen and oxygen atoms in total. The van der Waals surface area contributed by atoms with Gasteiger partial charge in [-0.15, -0.1) is 0 Å². The molecule has 1 atom stereocenters. The summed E-state index contributed by atoms with van der Waals surface area (Å²) in [6.45, 7) is 5.15. The molecule has 2 rings (SSSR count). The van der Waals surface area contributed by atoms with Crippen LogP contribution in [0.2, 0.25) is 0 Å². The molecule has 0 radical (unpaired) electrons. The molecule has 0 saturated carbocycles. The molecule has 0 unspecified atom stereocenters. The van der Waals surface area contributed by atoms with Gasteiger partial charge in [0.2, 0.25) is 0 Å². The van der Waals surface area contributed by atoms with Crippen molar-refractivity contribution in [2.24, 2.45) is 0 Å². The van der Waals surface area contributed by atoms with E-state index < -0.39 is 29.6 Å². The molecule has 2 amide bonds. The van der Waals surface area contributed by atoms with E-state index in [4.69, 9.17) is 9.57 Å². The first kappa shape index (κ1) is 22.9. The number of aromatic nitrogens is 1. The second kappa shape index (κ2) is 10.9. The molecule has 2 N–H and O–H groups in total. The Labute approximate surface area is 175 Å². The number of amides is 2. The fourth-order valence-electron chi connectivity index (χ4n) is 2.51. The fraction of sp³-hybridized carbons (Fsp3) is 0.364. The van der Waals surface area contributed by atoms with E-state index >= 15 is 0 Å². The number of nitrogens with one attached hydrogen (secondary N) is 2. The Morgan fingerprint density at radius 3 is 2.37 bits per heavy atom. The van der Waals surface area contributed by atoms with Crippen LogP contribution >= 0.6 is 0 Å². The van der Waals surface area contributed by atoms with Crippen LogP contribution in [-0.4, -0.2) is 34.6 Å². The Bertz CT molecular complexity index is 835. The Morgan fingerprint density at radius 1 is 1.03 bits per heavy atom. The maximum Gasteiger partial charge on any atom is 0.408 e. The summed E-state index contributed by atoms with van der Waals surface area (Å²) < 4.78 is 5.21. The lowest BCUT2D eigenvalue weighted by Crippen LogP contribution is -2.49. The summed E-state index contributed by atoms with van der Waals surface area (Å²) in [6.07, 6.45) is 1.53. The summed E-state index contributed by atoms with van der Waals surface area (Å²) in [5.74, 6) is -1.26. The number of hydrogen-bond donors (Lipinski definition) is 2. The lowest BCUT2D eigenvalue weighted by atomic mass is 10.1. The second-order valence-electron chi connectivity index (χ2n) is 7.65. The number of ether oxygens (including phenoxy) is 1. The van der Waals surface area contributed by atoms with Gasteiger partial charge in [0, 0.05) is 18.3 Å². The molecule has 30 heavy (non-hydrogen) atoms. The number of alkyl carbamates (subject to hydrolysis) is 1. The predicted molar refractivity (Wildman–Crippen MR) is 110 cm³/mol. The van der Waals surface area contributed by atoms with E-state index in [1.165, 1.54) is 0 Å². The number of carbonyl (C=O) groups is 3. The highest BCUT2D eigenvalue weighted by Crippen LogP contribution is 2.08. The summed E-state index contributed by atoms with van der Waals surface area (Å²) in [5.41, 5.74) is 2.97. The Morgan fingerprint density at radius 2 is 1.73 bits per heavy atom. The molecule has 160 valence electrons. The van der Waals surface area contributed by atoms with Crippen molar-refractivity contribution in [2.45, 2.75) is 51.7 Å². The third kappa shape index (κ3) is 8.72. The maximum absolute atomic E-state index is 12.5. The number of pyridine rings is 1. The zero-order chi connectivity index (χ0) is 22.0. The zero-order valence-electron chi connectivity index (χ0n) is 17.4. The van der Waals surface area contributed by atoms with E-state index in [0.717, 1.165) is 5.56 Å². The average Bonchev–Trinajstić information content (AvgIpc) is 2.70. The summed E-state index contributed by atoms with van der Waals surface area (Å²) in [6, 6.07) is 13.7. The molecular formula is C22H27N3O5. The molecule has 0 saturated heterocycles. The smallest absolute Gasteiger partial charge is 0.408 e. The number of hydrogen-bond acceptors (Lipinski definition) is 6. The SMILES string of the molecule is CC(C)(C)OC(=O)N[C@@H](Cc1ccccn1)C(=O)NOC(=O)CCc1ccccc1. The van der Waals surface area contributed by atoms with E-state index in [0.29, 0.717) is 12.1 Å². The highest BCUT2D eigenvalue weighted by molar-refractivity contribution is 5.86. The van der Waals surface area contributed by atoms with Gasteiger partial charge in [0.15, 0.2) is 0 Å². The molecule has 1 aromatic heterocycles. The number of carbonyl (C=O) groups excluding carboxylic acids is 3. The number of hydroxylamine groups is 1. The average molecular weight is 413 g/mol. The molecule has 1 aromatic carbocycles. The van der Waals surface area contributed by atoms with Gasteiger partial charge in [-0.2, -0.15) is 5.48 Å². The van der Waals surface area contributed by atoms with Crippen molar-refractivity contribution in [2.75, 3.05) is 0 Å². The molecule has 0 fully saturated rings. The number of aryl methyl sites for hydroxylation is 1. The molecule has 0 spiro atoms. The third-order valence-electron chi connectivity index (χ3n) is 3.87. The van der Waals surface area contributed by atoms with E-state index in [2.05, 4.69) is 15.8 Å². The van der Waals surface area contributed by atoms with E-state index in [1.807, 2.05) is 30.3 Å². The fourth-order valence-corrected chi connectivity index (χ4v) is 2.51. The minimum absolute atomic E-state index is 0.105. The molecule has 8 heteroatoms. The van der Waals surface area contributed by atoms with Crippen molar-refractivity contribution < 1.29 is 24.0 Å². The molecule has 0 bridgehead atoms. The molecule has 2 aromatic rings. The van der Waals surface area contributed by atoms with E-state index in [1.54, 1.807) is 45.2 Å². The quantitative estimate of drug-likeness (QED) is 0.676. The summed E-state index contributed by atoms with van der Waals surface area (Å²) in [7, 11) is 0. The van der Waals surface area contributed by atoms with Crippen LogP contribution in [0.25, 0.3) is 0 Å². The largest absolute Gasteiger partial charge is 0.444 e. The zero-order valence-corrected chi connectivity index (χ0v) is 17.4. The highest BCUT2D eigenvalue weighted by Gasteiger charge is 2.26. The second-order valence-corrected chi connectivity index (χ2v) is 7.65. The van der Waals surface area contributed by atoms with Crippen LogP contribution in [0.5, 0.6) is 0 Å². The van der Waals surface area contributed by atoms with Gasteiger partial charge in [0.05, 0.1) is 6.42 Å². The standard InChI is InChI=1S/C22H27N3O5/c1-22(2,3)29-21(28)24-18(15-17-11-7-8-14-23-17)20(27)25-30-19(26)13-12-16-9-5-4-6-10-16/h4-11,14,18H,12-13,15H2,1-3H3,(H,24,28)(H,25,27)/t18-/m0/s1. The van der Waals surface area contributed by atoms with Crippen LogP contribution in [0.4, 0.5) is 4.79 Å². The summed E-state index contributed by atoms with van der Waals surface area (Å²) in [5, 5.41) is 2.50. The first-order chi connectivity index (χ1) is 14.2. The van der Waals surface area contributed by atoms with Crippen molar-refractivity contribution in [1.82, 2.24) is 15.8 Å². The minimum Gasteiger partial charge on any atom is -0.444 e. The molecular weight excluding hydrogens is 386 g/mol. The Hall–Kier alpha value is -3.42. The van der Waals surface area contributed by atoms with Crippen LogP contribution < -0.4 is 10.8 Å². The lowest BCUT2D eigenvalue weighted by Gasteiger charge is -2.23. The minimum atomic E-state index is -1.03. The molecule has 0 aliphatic heterocycles. The van der Waals surface area contributed by atoms with Gasteiger partial charge in [0.1, 0.15) is 11.6 Å². The van der Waals surface area contributed by atoms with E-state index in [9.17, 15) is 14.4 Å². The van der Waals surface area contributed by atoms with Crippen LogP contribution in [0.1, 0.15) is 38.4 Å². The van der Waals surface area contributed by atoms with Crippen LogP contribution in [0, 0.1) is 0 Å². The normalized spacial score (nSPS) is 11.8. The van der Waals surface area contributed by atoms with Gasteiger partial charge in [0.25, 0.3) is 5.91 Å². The van der Waals surface area contributed by atoms with Crippen molar-refractivity contribution >= 4 is 18.0 Å². The Kier molecular flexibility index (Phi) is 8.34. The Balaban J connectivity index is 1.92. The van der Waals surface area contributed by atoms with Crippen molar-refractivity contribution in [1.29, 1.82) is 0 Å². The lowest BCUT2D eigenvalue weighted by molar-refractivity contribution is -0.158. The number of nitrogens with zero attached hydrogens (tertiary/aromatic N) is 1. The maximum atomic E-state index is 12.5. The van der Waals surface area contributed by atoms with Crippen LogP contribution in [0.3, 0.4) is 0 Å². The summed E-state index contributed by atoms with van der Waals surface area (Å²) in [4.78, 5) is 45.6. The van der Waals surface area contributed by atoms with Crippen molar-refractivity contribution in [3.63, 3.8) is 0 Å². The van der Waals surface area contributed by atoms with Gasteiger partial charge in [-0.3, -0.25) is 9.78 Å². The molecule has 0 aliphatic rings. The van der Waals surface area contributed by atoms with Crippen molar-refractivity contribution in [3.05, 3.63) is 66.0 Å². The van der Waals surface area contributed by atoms with Gasteiger partial charge in [-0.25, -0.2) is 9.59 Å². The van der Waals surface area contributed by atoms with Crippen LogP contribution in [0.15, 0.2) is 54.7 Å². The first-order valence-corrected chi connectivity index (χ1v) is 9.66. The highest BCUT2D eigenvalue weighted by atomic mass is 16.7. The predicted octanol–water partition coefficient (Wildman–Crippen LogP) is 2.72. The van der Waals surface area contributed by atoms with Gasteiger partial charge in [-0.1, -0.05) is 36.4 Å². The van der Waals surface area contributed by atoms with Crippen molar-refractivity contribution in [3.8, 4) is 0 Å². The topological polar surface area (TPSA) is 107 Å². The third-order valence-corrected chi connectivity index (χ3v) is 3.87. The van der Waals surface area contributed by atoms with Gasteiger partial charge < -0.3 is 14.9 Å². The van der Waals surface area contributed by atoms with Gasteiger partial charge in [-0.05, 0) is 44.9 Å². The van der Waals surface area contributed by atoms with E-state index in [-0.39, 0.29) is 12.8 Å². The van der Waals surface area contributed by atoms with Gasteiger partial charge >= 0.3 is 12.1 Å². The monoisotopic (exact) mass is 413 g/mol. The number of benzene rings is 1. The number of rotatable bonds is 7. The van der Waals surface area contributed by atoms with Crippen LogP contribution in [-0.2, 0) is 32.0 Å². The molecule has 1 heterocycles. The first-order valence-electron chi connectivity index (χ1n) is 9.66. The summed E-state index contributed by atoms with van der Waals surface area (Å²) >= 11 is 0. The molecule has 0 aliphatic carbocycles.